The Bertz CT molecular complexity index is 4110. The molecule has 92 heavy (non-hydrogen) atoms. The summed E-state index contributed by atoms with van der Waals surface area (Å²) in [7, 11) is 0. The molecule has 6 atom stereocenters. The number of nitrogens with zero attached hydrogens (tertiary/aromatic N) is 15. The fourth-order valence-corrected chi connectivity index (χ4v) is 11.6. The number of fused-ring (bicyclic) bond motifs is 1. The van der Waals surface area contributed by atoms with Gasteiger partial charge in [0.2, 0.25) is 11.8 Å². The van der Waals surface area contributed by atoms with Gasteiger partial charge in [0.25, 0.3) is 23.7 Å². The molecule has 28 heteroatoms. The van der Waals surface area contributed by atoms with Gasteiger partial charge in [-0.2, -0.15) is 28.4 Å². The molecule has 9 aromatic heterocycles. The second-order valence-electron chi connectivity index (χ2n) is 22.7. The summed E-state index contributed by atoms with van der Waals surface area (Å²) in [4.78, 5) is 85.6. The number of nitrogens with one attached hydrogen (secondary N) is 3. The van der Waals surface area contributed by atoms with Gasteiger partial charge in [0.15, 0.2) is 11.3 Å². The molecule has 3 aliphatic rings. The number of pyridine rings is 4. The first-order chi connectivity index (χ1) is 44.4. The van der Waals surface area contributed by atoms with Crippen molar-refractivity contribution < 1.29 is 40.8 Å². The molecular weight excluding hydrogens is 1210 g/mol. The molecule has 12 heterocycles. The highest BCUT2D eigenvalue weighted by atomic mass is 35.5. The van der Waals surface area contributed by atoms with Crippen molar-refractivity contribution in [2.75, 3.05) is 35.6 Å². The van der Waals surface area contributed by atoms with E-state index in [1.54, 1.807) is 54.9 Å². The number of rotatable bonds is 12. The predicted octanol–water partition coefficient (Wildman–Crippen LogP) is 11.4. The second kappa shape index (κ2) is 27.9. The van der Waals surface area contributed by atoms with Crippen molar-refractivity contribution in [2.24, 2.45) is 0 Å². The Balaban J connectivity index is 0.000000142. The second-order valence-corrected chi connectivity index (χ2v) is 23.1. The number of carbonyl (C=O) groups is 3. The monoisotopic (exact) mass is 1270 g/mol. The van der Waals surface area contributed by atoms with Gasteiger partial charge in [-0.3, -0.25) is 14.4 Å². The molecule has 13 rings (SSSR count). The molecule has 1 aromatic carbocycles. The van der Waals surface area contributed by atoms with Crippen LogP contribution in [0.4, 0.5) is 30.8 Å². The molecule has 0 saturated carbocycles. The van der Waals surface area contributed by atoms with E-state index in [0.717, 1.165) is 73.0 Å². The standard InChI is InChI=1S/C23H23N5O3.C21H22F3N7O.C20H21ClN6O2/c1-14-12-16(21-24-9-11-30-21)20(25-13-14)22(29)28-10-5-7-17(15(28)2)26-23-27-18-6-3-4-8-19(18)31-23;1-13-5-7-17(31-26-9-10-27-31)19(28-13)20(32)30-11-3-4-16(14(30)2)29-18-8-6-15(12-25-18)21(22,23)24;1-12-8-14(19-22-5-7-29-19)18(25-9-12)20(28)27-6-3-4-15(13(27)2)26-17-11-23-16(21)10-24-17/h3-4,6,8-9,11-13,15,17H,5,7,10H2,1-2H3,(H,26,27);5-10,12,14,16H,3-4,11H2,1-2H3,(H,25,29);5,7-11,13,15H,3-4,6H2,1-2H3,(H,24,26)/t15-,17+;14-,16+;13-,15+/m000/s1. The number of amides is 3. The van der Waals surface area contributed by atoms with Crippen LogP contribution in [-0.2, 0) is 6.18 Å². The largest absolute Gasteiger partial charge is 0.444 e. The van der Waals surface area contributed by atoms with E-state index in [4.69, 9.17) is 24.9 Å². The third-order valence-electron chi connectivity index (χ3n) is 16.4. The van der Waals surface area contributed by atoms with Crippen molar-refractivity contribution in [1.29, 1.82) is 0 Å². The molecule has 0 spiro atoms. The molecule has 0 unspecified atom stereocenters. The van der Waals surface area contributed by atoms with Crippen molar-refractivity contribution in [3.8, 4) is 28.6 Å². The lowest BCUT2D eigenvalue weighted by Gasteiger charge is -2.40. The molecular formula is C64H66ClF3N18O6. The molecule has 3 amide bonds. The molecule has 10 aromatic rings. The summed E-state index contributed by atoms with van der Waals surface area (Å²) in [6.07, 6.45) is 17.1. The Morgan fingerprint density at radius 3 is 1.60 bits per heavy atom. The van der Waals surface area contributed by atoms with E-state index in [2.05, 4.69) is 71.0 Å². The van der Waals surface area contributed by atoms with E-state index in [1.807, 2.05) is 80.8 Å². The van der Waals surface area contributed by atoms with E-state index in [9.17, 15) is 27.6 Å². The molecule has 476 valence electrons. The van der Waals surface area contributed by atoms with Crippen LogP contribution in [-0.4, -0.2) is 148 Å². The van der Waals surface area contributed by atoms with Gasteiger partial charge in [-0.15, -0.1) is 4.80 Å². The maximum atomic E-state index is 13.5. The van der Waals surface area contributed by atoms with Crippen LogP contribution >= 0.6 is 11.6 Å². The lowest BCUT2D eigenvalue weighted by Crippen LogP contribution is -2.52. The highest BCUT2D eigenvalue weighted by Crippen LogP contribution is 2.33. The van der Waals surface area contributed by atoms with E-state index in [1.165, 1.54) is 42.0 Å². The number of aryl methyl sites for hydroxylation is 3. The van der Waals surface area contributed by atoms with E-state index in [0.29, 0.717) is 88.1 Å². The summed E-state index contributed by atoms with van der Waals surface area (Å²) < 4.78 is 55.1. The van der Waals surface area contributed by atoms with Crippen LogP contribution < -0.4 is 16.0 Å². The fourth-order valence-electron chi connectivity index (χ4n) is 11.5. The highest BCUT2D eigenvalue weighted by molar-refractivity contribution is 6.29. The average molecular weight is 1280 g/mol. The van der Waals surface area contributed by atoms with Crippen molar-refractivity contribution >= 4 is 58.1 Å². The third-order valence-corrected chi connectivity index (χ3v) is 16.6. The Labute approximate surface area is 531 Å². The van der Waals surface area contributed by atoms with Gasteiger partial charge < -0.3 is 43.9 Å². The SMILES string of the molecule is Cc1ccc(-n2nccn2)c(C(=O)N2CCC[C@@H](Nc3ccc(C(F)(F)F)cn3)[C@@H]2C)n1.Cc1cnc(C(=O)N2CCC[C@@H](Nc3cnc(Cl)cn3)[C@@H]2C)c(-c2ncco2)c1.Cc1cnc(C(=O)N2CCC[C@@H](Nc3nc4ccccc4o3)[C@@H]2C)c(-c2ncco2)c1. The number of alkyl halides is 3. The highest BCUT2D eigenvalue weighted by Gasteiger charge is 2.38. The smallest absolute Gasteiger partial charge is 0.417 e. The topological polar surface area (TPSA) is 283 Å². The number of benzene rings is 1. The number of para-hydroxylation sites is 2. The normalized spacial score (nSPS) is 19.1. The first-order valence-corrected chi connectivity index (χ1v) is 30.4. The van der Waals surface area contributed by atoms with Crippen LogP contribution in [0.3, 0.4) is 0 Å². The zero-order valence-corrected chi connectivity index (χ0v) is 51.9. The third kappa shape index (κ3) is 14.5. The van der Waals surface area contributed by atoms with Crippen LogP contribution in [0, 0.1) is 20.8 Å². The van der Waals surface area contributed by atoms with Crippen LogP contribution in [0.5, 0.6) is 0 Å². The van der Waals surface area contributed by atoms with Crippen LogP contribution in [0.15, 0.2) is 142 Å². The first kappa shape index (κ1) is 63.4. The van der Waals surface area contributed by atoms with Crippen molar-refractivity contribution in [1.82, 2.24) is 74.5 Å². The Morgan fingerprint density at radius 1 is 0.565 bits per heavy atom. The van der Waals surface area contributed by atoms with E-state index < -0.39 is 11.7 Å². The summed E-state index contributed by atoms with van der Waals surface area (Å²) in [6.45, 7) is 13.5. The van der Waals surface area contributed by atoms with E-state index in [-0.39, 0.29) is 59.7 Å². The van der Waals surface area contributed by atoms with Crippen molar-refractivity contribution in [3.63, 3.8) is 0 Å². The zero-order valence-electron chi connectivity index (χ0n) is 51.1. The number of oxazole rings is 3. The molecule has 0 bridgehead atoms. The van der Waals surface area contributed by atoms with Crippen LogP contribution in [0.2, 0.25) is 5.15 Å². The van der Waals surface area contributed by atoms with Crippen LogP contribution in [0.25, 0.3) is 39.7 Å². The van der Waals surface area contributed by atoms with Crippen molar-refractivity contribution in [3.05, 3.63) is 174 Å². The van der Waals surface area contributed by atoms with E-state index >= 15 is 0 Å². The number of hydrogen-bond donors (Lipinski definition) is 3. The Morgan fingerprint density at radius 2 is 1.10 bits per heavy atom. The van der Waals surface area contributed by atoms with Crippen LogP contribution in [0.1, 0.15) is 113 Å². The maximum absolute atomic E-state index is 13.5. The van der Waals surface area contributed by atoms with Gasteiger partial charge >= 0.3 is 6.18 Å². The molecule has 3 fully saturated rings. The molecule has 3 saturated heterocycles. The molecule has 0 aliphatic carbocycles. The minimum absolute atomic E-state index is 0.0152. The summed E-state index contributed by atoms with van der Waals surface area (Å²) in [6, 6.07) is 17.2. The quantitative estimate of drug-likeness (QED) is 0.102. The molecule has 3 N–H and O–H groups in total. The summed E-state index contributed by atoms with van der Waals surface area (Å²) in [5.41, 5.74) is 5.94. The predicted molar refractivity (Wildman–Crippen MR) is 335 cm³/mol. The lowest BCUT2D eigenvalue weighted by molar-refractivity contribution is -0.137. The summed E-state index contributed by atoms with van der Waals surface area (Å²) in [5, 5.41) is 18.5. The van der Waals surface area contributed by atoms with Gasteiger partial charge in [-0.25, -0.2) is 39.9 Å². The minimum Gasteiger partial charge on any atom is -0.444 e. The van der Waals surface area contributed by atoms with Gasteiger partial charge in [0, 0.05) is 74.1 Å². The maximum Gasteiger partial charge on any atom is 0.417 e. The zero-order chi connectivity index (χ0) is 64.6. The van der Waals surface area contributed by atoms with Gasteiger partial charge in [0.1, 0.15) is 51.9 Å². The minimum atomic E-state index is -4.44. The number of piperidine rings is 3. The molecule has 24 nitrogen and oxygen atoms in total. The first-order valence-electron chi connectivity index (χ1n) is 30.0. The number of aromatic nitrogens is 12. The van der Waals surface area contributed by atoms with Gasteiger partial charge in [-0.1, -0.05) is 23.7 Å². The fraction of sp³-hybridized carbons (Fsp3) is 0.344. The lowest BCUT2D eigenvalue weighted by atomic mass is 9.96. The van der Waals surface area contributed by atoms with Gasteiger partial charge in [0.05, 0.1) is 59.9 Å². The molecule has 3 aliphatic heterocycles. The van der Waals surface area contributed by atoms with Gasteiger partial charge in [-0.05, 0) is 140 Å². The summed E-state index contributed by atoms with van der Waals surface area (Å²) in [5.74, 6) is 1.23. The summed E-state index contributed by atoms with van der Waals surface area (Å²) >= 11 is 5.81. The average Bonchev–Trinajstić information content (AvgIpc) is 1.19. The Hall–Kier alpha value is -10.2. The number of hydrogen-bond acceptors (Lipinski definition) is 20. The molecule has 0 radical (unpaired) electrons. The number of carbonyl (C=O) groups excluding carboxylic acids is 3. The number of likely N-dealkylation sites (tertiary alicyclic amines) is 3. The Kier molecular flexibility index (Phi) is 19.2. The number of halogens is 4. The number of anilines is 3. The van der Waals surface area contributed by atoms with Crippen molar-refractivity contribution in [2.45, 2.75) is 122 Å².